The van der Waals surface area contributed by atoms with Gasteiger partial charge in [-0.3, -0.25) is 14.5 Å². The highest BCUT2D eigenvalue weighted by Crippen LogP contribution is 2.42. The highest BCUT2D eigenvalue weighted by Gasteiger charge is 2.44. The molecule has 0 spiro atoms. The van der Waals surface area contributed by atoms with Crippen LogP contribution in [0.3, 0.4) is 0 Å². The van der Waals surface area contributed by atoms with Crippen LogP contribution in [0.5, 0.6) is 0 Å². The lowest BCUT2D eigenvalue weighted by Crippen LogP contribution is -2.53. The summed E-state index contributed by atoms with van der Waals surface area (Å²) >= 11 is 1.42. The standard InChI is InChI=1S/C26H28F2N6O3S.3C2H6/c1-37-20-11-29-19(23(27)28)8-17(20)16-9-21(34-12-14-6-15(7-14)25(34)36)30-10-18(16)24(35)31-26-33-32-22(38-26)5-4-13-2-3-13;3*1-2/h8-11,13-15,19,22-23,26,29,32-33H,2-3,6-7,12H2,1H3,(H,31,35);3*1-2H3. The minimum absolute atomic E-state index is 0.00591. The van der Waals surface area contributed by atoms with E-state index in [1.165, 1.54) is 37.3 Å². The largest absolute Gasteiger partial charge is 0.495 e. The van der Waals surface area contributed by atoms with Crippen LogP contribution >= 0.6 is 11.8 Å². The zero-order valence-electron chi connectivity index (χ0n) is 26.7. The van der Waals surface area contributed by atoms with Crippen molar-refractivity contribution in [2.75, 3.05) is 18.6 Å². The van der Waals surface area contributed by atoms with Crippen LogP contribution < -0.4 is 26.4 Å². The van der Waals surface area contributed by atoms with Crippen LogP contribution in [-0.2, 0) is 9.53 Å². The summed E-state index contributed by atoms with van der Waals surface area (Å²) in [6, 6.07) is 0.365. The summed E-state index contributed by atoms with van der Waals surface area (Å²) in [6.45, 7) is 12.6. The smallest absolute Gasteiger partial charge is 0.261 e. The van der Waals surface area contributed by atoms with Crippen molar-refractivity contribution >= 4 is 35.0 Å². The molecule has 1 aromatic heterocycles. The molecular weight excluding hydrogens is 586 g/mol. The van der Waals surface area contributed by atoms with E-state index in [0.717, 1.165) is 25.7 Å². The molecular formula is C32H46F2N6O3S. The molecule has 1 aromatic rings. The van der Waals surface area contributed by atoms with Gasteiger partial charge in [0.1, 0.15) is 28.5 Å². The van der Waals surface area contributed by atoms with Crippen molar-refractivity contribution in [3.63, 3.8) is 0 Å². The predicted octanol–water partition coefficient (Wildman–Crippen LogP) is 5.24. The Morgan fingerprint density at radius 3 is 2.45 bits per heavy atom. The van der Waals surface area contributed by atoms with E-state index in [2.05, 4.69) is 38.3 Å². The van der Waals surface area contributed by atoms with E-state index in [4.69, 9.17) is 4.74 Å². The third-order valence-electron chi connectivity index (χ3n) is 7.38. The Balaban J connectivity index is 0.000000832. The van der Waals surface area contributed by atoms with Gasteiger partial charge in [0, 0.05) is 41.9 Å². The molecule has 0 aromatic carbocycles. The fourth-order valence-corrected chi connectivity index (χ4v) is 5.92. The molecule has 5 heterocycles. The number of fused-ring (bicyclic) bond motifs is 2. The molecule has 2 saturated carbocycles. The molecule has 44 heavy (non-hydrogen) atoms. The van der Waals surface area contributed by atoms with Gasteiger partial charge >= 0.3 is 0 Å². The Morgan fingerprint density at radius 1 is 1.14 bits per heavy atom. The number of alkyl halides is 2. The number of carbonyl (C=O) groups excluding carboxylic acids is 2. The molecule has 9 nitrogen and oxygen atoms in total. The van der Waals surface area contributed by atoms with Crippen molar-refractivity contribution in [1.29, 1.82) is 0 Å². The van der Waals surface area contributed by atoms with E-state index in [1.807, 2.05) is 41.5 Å². The van der Waals surface area contributed by atoms with Crippen molar-refractivity contribution in [3.05, 3.63) is 41.4 Å². The quantitative estimate of drug-likeness (QED) is 0.316. The number of anilines is 1. The molecule has 6 aliphatic rings. The molecule has 3 saturated heterocycles. The van der Waals surface area contributed by atoms with Crippen LogP contribution in [0.4, 0.5) is 14.6 Å². The fourth-order valence-electron chi connectivity index (χ4n) is 5.07. The van der Waals surface area contributed by atoms with Crippen molar-refractivity contribution in [3.8, 4) is 11.8 Å². The van der Waals surface area contributed by atoms with Gasteiger partial charge in [-0.2, -0.15) is 0 Å². The number of nitrogens with zero attached hydrogens (tertiary/aromatic N) is 2. The van der Waals surface area contributed by atoms with E-state index in [1.54, 1.807) is 11.0 Å². The molecule has 5 fully saturated rings. The SMILES string of the molecule is CC.CC.CC.COC1=CNC(C(F)F)C=C1c1cc(N2CC3CC(C3)C2=O)ncc1C(=O)NC1NNC(C#CC2CC2)S1. The van der Waals surface area contributed by atoms with Gasteiger partial charge in [0.15, 0.2) is 0 Å². The summed E-state index contributed by atoms with van der Waals surface area (Å²) in [5.41, 5.74) is 6.49. The van der Waals surface area contributed by atoms with Crippen LogP contribution in [0.2, 0.25) is 0 Å². The molecule has 12 heteroatoms. The predicted molar refractivity (Wildman–Crippen MR) is 172 cm³/mol. The number of halogens is 2. The van der Waals surface area contributed by atoms with Crippen molar-refractivity contribution in [2.24, 2.45) is 17.8 Å². The number of piperidine rings is 2. The molecule has 4 aliphatic heterocycles. The van der Waals surface area contributed by atoms with E-state index < -0.39 is 23.9 Å². The number of carbonyl (C=O) groups is 2. The number of amides is 2. The highest BCUT2D eigenvalue weighted by atomic mass is 32.2. The number of hydrogen-bond acceptors (Lipinski definition) is 8. The number of aromatic nitrogens is 1. The van der Waals surface area contributed by atoms with E-state index in [-0.39, 0.29) is 22.8 Å². The molecule has 242 valence electrons. The Morgan fingerprint density at radius 2 is 1.84 bits per heavy atom. The average Bonchev–Trinajstić information content (AvgIpc) is 3.78. The Bertz CT molecular complexity index is 1270. The third-order valence-corrected chi connectivity index (χ3v) is 8.39. The Hall–Kier alpha value is -3.14. The molecule has 7 rings (SSSR count). The lowest BCUT2D eigenvalue weighted by molar-refractivity contribution is -0.130. The number of rotatable bonds is 6. The second kappa shape index (κ2) is 16.8. The minimum atomic E-state index is -2.67. The molecule has 2 amide bonds. The summed E-state index contributed by atoms with van der Waals surface area (Å²) in [6.07, 6.45) is 5.48. The summed E-state index contributed by atoms with van der Waals surface area (Å²) in [5, 5.41) is 5.36. The van der Waals surface area contributed by atoms with Gasteiger partial charge < -0.3 is 15.4 Å². The Kier molecular flexibility index (Phi) is 13.5. The highest BCUT2D eigenvalue weighted by molar-refractivity contribution is 8.00. The van der Waals surface area contributed by atoms with Crippen LogP contribution in [0.25, 0.3) is 5.57 Å². The minimum Gasteiger partial charge on any atom is -0.495 e. The molecule has 0 radical (unpaired) electrons. The maximum atomic E-state index is 13.6. The van der Waals surface area contributed by atoms with E-state index in [0.29, 0.717) is 41.1 Å². The van der Waals surface area contributed by atoms with Gasteiger partial charge in [0.25, 0.3) is 12.3 Å². The number of pyridine rings is 1. The number of methoxy groups -OCH3 is 1. The average molecular weight is 633 g/mol. The summed E-state index contributed by atoms with van der Waals surface area (Å²) in [5.74, 6) is 7.50. The lowest BCUT2D eigenvalue weighted by Gasteiger charge is -2.45. The number of dihydropyridines is 1. The maximum absolute atomic E-state index is 13.6. The number of nitrogens with one attached hydrogen (secondary N) is 4. The normalized spacial score (nSPS) is 26.3. The molecule has 2 bridgehead atoms. The van der Waals surface area contributed by atoms with E-state index >= 15 is 0 Å². The number of thioether (sulfide) groups is 1. The first-order valence-corrected chi connectivity index (χ1v) is 16.6. The van der Waals surface area contributed by atoms with Gasteiger partial charge in [-0.25, -0.2) is 24.6 Å². The zero-order chi connectivity index (χ0) is 32.4. The molecule has 2 aliphatic carbocycles. The first-order chi connectivity index (χ1) is 21.4. The van der Waals surface area contributed by atoms with Crippen LogP contribution in [-0.4, -0.2) is 53.8 Å². The number of hydrogen-bond donors (Lipinski definition) is 4. The van der Waals surface area contributed by atoms with Gasteiger partial charge in [0.2, 0.25) is 5.91 Å². The third kappa shape index (κ3) is 8.31. The van der Waals surface area contributed by atoms with Crippen molar-refractivity contribution in [1.82, 2.24) is 26.5 Å². The summed E-state index contributed by atoms with van der Waals surface area (Å²) in [4.78, 5) is 32.5. The van der Waals surface area contributed by atoms with Gasteiger partial charge in [-0.05, 0) is 43.7 Å². The van der Waals surface area contributed by atoms with Gasteiger partial charge in [0.05, 0.1) is 12.7 Å². The fraction of sp³-hybridized carbons (Fsp3) is 0.594. The van der Waals surface area contributed by atoms with Crippen molar-refractivity contribution < 1.29 is 23.1 Å². The molecule has 4 N–H and O–H groups in total. The molecule has 3 unspecified atom stereocenters. The first kappa shape index (κ1) is 35.3. The lowest BCUT2D eigenvalue weighted by atomic mass is 9.70. The van der Waals surface area contributed by atoms with Crippen molar-refractivity contribution in [2.45, 2.75) is 90.6 Å². The van der Waals surface area contributed by atoms with E-state index in [9.17, 15) is 18.4 Å². The zero-order valence-corrected chi connectivity index (χ0v) is 27.5. The monoisotopic (exact) mass is 632 g/mol. The summed E-state index contributed by atoms with van der Waals surface area (Å²) in [7, 11) is 1.43. The Labute approximate surface area is 264 Å². The second-order valence-corrected chi connectivity index (χ2v) is 11.3. The first-order valence-electron chi connectivity index (χ1n) is 15.7. The number of allylic oxidation sites excluding steroid dienone is 1. The van der Waals surface area contributed by atoms with Crippen LogP contribution in [0.1, 0.15) is 83.1 Å². The van der Waals surface area contributed by atoms with Gasteiger partial charge in [-0.1, -0.05) is 65.1 Å². The maximum Gasteiger partial charge on any atom is 0.261 e. The number of hydrazine groups is 1. The van der Waals surface area contributed by atoms with Crippen LogP contribution in [0, 0.1) is 29.6 Å². The summed E-state index contributed by atoms with van der Waals surface area (Å²) < 4.78 is 32.7. The molecule has 3 atom stereocenters. The number of ether oxygens (including phenoxy) is 1. The topological polar surface area (TPSA) is 108 Å². The second-order valence-electron chi connectivity index (χ2n) is 10.1. The van der Waals surface area contributed by atoms with Crippen LogP contribution in [0.15, 0.2) is 30.3 Å². The van der Waals surface area contributed by atoms with Gasteiger partial charge in [-0.15, -0.1) is 0 Å².